The molecular weight excluding hydrogens is 300 g/mol. The van der Waals surface area contributed by atoms with E-state index in [0.717, 1.165) is 5.56 Å². The van der Waals surface area contributed by atoms with Gasteiger partial charge in [0.15, 0.2) is 0 Å². The molecule has 0 aliphatic rings. The molecule has 106 valence electrons. The zero-order valence-electron chi connectivity index (χ0n) is 10.9. The molecule has 0 aromatic heterocycles. The minimum absolute atomic E-state index is 0.0836. The zero-order chi connectivity index (χ0) is 14.7. The summed E-state index contributed by atoms with van der Waals surface area (Å²) in [6.07, 6.45) is 0. The van der Waals surface area contributed by atoms with Crippen LogP contribution in [-0.4, -0.2) is 0 Å². The van der Waals surface area contributed by atoms with Crippen molar-refractivity contribution in [2.45, 2.75) is 19.6 Å². The van der Waals surface area contributed by atoms with Crippen LogP contribution in [-0.2, 0) is 6.61 Å². The highest BCUT2D eigenvalue weighted by Crippen LogP contribution is 2.28. The van der Waals surface area contributed by atoms with Crippen molar-refractivity contribution in [1.29, 1.82) is 0 Å². The van der Waals surface area contributed by atoms with E-state index in [1.54, 1.807) is 24.3 Å². The van der Waals surface area contributed by atoms with Crippen LogP contribution in [0.25, 0.3) is 0 Å². The van der Waals surface area contributed by atoms with Gasteiger partial charge in [-0.25, -0.2) is 4.39 Å². The van der Waals surface area contributed by atoms with Gasteiger partial charge in [-0.15, -0.1) is 0 Å². The van der Waals surface area contributed by atoms with Gasteiger partial charge in [0.05, 0.1) is 5.02 Å². The molecule has 2 rings (SSSR count). The zero-order valence-corrected chi connectivity index (χ0v) is 12.4. The molecule has 0 heterocycles. The summed E-state index contributed by atoms with van der Waals surface area (Å²) in [6.45, 7) is 1.95. The molecule has 5 heteroatoms. The Balaban J connectivity index is 2.11. The number of benzene rings is 2. The topological polar surface area (TPSA) is 35.2 Å². The summed E-state index contributed by atoms with van der Waals surface area (Å²) in [5.74, 6) is 0.0891. The average Bonchev–Trinajstić information content (AvgIpc) is 2.38. The van der Waals surface area contributed by atoms with Crippen molar-refractivity contribution in [2.75, 3.05) is 0 Å². The van der Waals surface area contributed by atoms with Crippen LogP contribution in [0.5, 0.6) is 5.75 Å². The highest BCUT2D eigenvalue weighted by atomic mass is 35.5. The lowest BCUT2D eigenvalue weighted by atomic mass is 10.1. The van der Waals surface area contributed by atoms with Gasteiger partial charge in [-0.1, -0.05) is 35.3 Å². The van der Waals surface area contributed by atoms with Gasteiger partial charge in [0.2, 0.25) is 0 Å². The Hall–Kier alpha value is -1.29. The van der Waals surface area contributed by atoms with E-state index in [2.05, 4.69) is 0 Å². The Kier molecular flexibility index (Phi) is 4.86. The Morgan fingerprint density at radius 1 is 1.20 bits per heavy atom. The van der Waals surface area contributed by atoms with E-state index >= 15 is 0 Å². The molecule has 0 saturated heterocycles. The first-order valence-corrected chi connectivity index (χ1v) is 6.84. The number of halogens is 3. The molecule has 0 bridgehead atoms. The average molecular weight is 314 g/mol. The van der Waals surface area contributed by atoms with Crippen molar-refractivity contribution in [3.63, 3.8) is 0 Å². The van der Waals surface area contributed by atoms with E-state index < -0.39 is 5.82 Å². The van der Waals surface area contributed by atoms with Crippen LogP contribution >= 0.6 is 23.2 Å². The number of nitrogens with two attached hydrogens (primary N) is 1. The summed E-state index contributed by atoms with van der Waals surface area (Å²) in [7, 11) is 0. The number of hydrogen-bond acceptors (Lipinski definition) is 2. The molecule has 1 atom stereocenters. The second kappa shape index (κ2) is 6.44. The van der Waals surface area contributed by atoms with Crippen LogP contribution in [0.3, 0.4) is 0 Å². The summed E-state index contributed by atoms with van der Waals surface area (Å²) in [4.78, 5) is 0. The first kappa shape index (κ1) is 15.1. The smallest absolute Gasteiger partial charge is 0.138 e. The first-order valence-electron chi connectivity index (χ1n) is 6.09. The van der Waals surface area contributed by atoms with Gasteiger partial charge in [0.1, 0.15) is 18.2 Å². The van der Waals surface area contributed by atoms with Gasteiger partial charge in [-0.3, -0.25) is 0 Å². The number of rotatable bonds is 4. The van der Waals surface area contributed by atoms with E-state index in [1.807, 2.05) is 13.0 Å². The second-order valence-corrected chi connectivity index (χ2v) is 5.35. The molecule has 0 radical (unpaired) electrons. The standard InChI is InChI=1S/C15H14Cl2FNO/c1-9(19)10-3-5-15(13(17)6-10)20-8-11-2-4-12(16)7-14(11)18/h2-7,9H,8,19H2,1H3. The molecular formula is C15H14Cl2FNO. The lowest BCUT2D eigenvalue weighted by Gasteiger charge is -2.11. The number of ether oxygens (including phenoxy) is 1. The third-order valence-electron chi connectivity index (χ3n) is 2.88. The predicted molar refractivity (Wildman–Crippen MR) is 79.8 cm³/mol. The fraction of sp³-hybridized carbons (Fsp3) is 0.200. The fourth-order valence-electron chi connectivity index (χ4n) is 1.71. The minimum atomic E-state index is -0.402. The maximum Gasteiger partial charge on any atom is 0.138 e. The summed E-state index contributed by atoms with van der Waals surface area (Å²) in [6, 6.07) is 9.67. The number of hydrogen-bond donors (Lipinski definition) is 1. The van der Waals surface area contributed by atoms with Crippen LogP contribution in [0.1, 0.15) is 24.1 Å². The normalized spacial score (nSPS) is 12.2. The third-order valence-corrected chi connectivity index (χ3v) is 3.41. The molecule has 2 nitrogen and oxygen atoms in total. The van der Waals surface area contributed by atoms with E-state index in [1.165, 1.54) is 6.07 Å². The molecule has 2 N–H and O–H groups in total. The van der Waals surface area contributed by atoms with Gasteiger partial charge in [-0.2, -0.15) is 0 Å². The molecule has 0 aliphatic carbocycles. The monoisotopic (exact) mass is 313 g/mol. The lowest BCUT2D eigenvalue weighted by molar-refractivity contribution is 0.300. The molecule has 1 unspecified atom stereocenters. The Morgan fingerprint density at radius 3 is 2.55 bits per heavy atom. The maximum absolute atomic E-state index is 13.6. The van der Waals surface area contributed by atoms with Crippen LogP contribution in [0.15, 0.2) is 36.4 Å². The lowest BCUT2D eigenvalue weighted by Crippen LogP contribution is -2.05. The molecule has 20 heavy (non-hydrogen) atoms. The fourth-order valence-corrected chi connectivity index (χ4v) is 2.11. The molecule has 2 aromatic carbocycles. The van der Waals surface area contributed by atoms with Crippen molar-refractivity contribution in [1.82, 2.24) is 0 Å². The SMILES string of the molecule is CC(N)c1ccc(OCc2ccc(Cl)cc2F)c(Cl)c1. The summed E-state index contributed by atoms with van der Waals surface area (Å²) in [5, 5.41) is 0.805. The van der Waals surface area contributed by atoms with E-state index in [4.69, 9.17) is 33.7 Å². The molecule has 2 aromatic rings. The molecule has 0 aliphatic heterocycles. The van der Waals surface area contributed by atoms with Crippen molar-refractivity contribution in [2.24, 2.45) is 5.73 Å². The van der Waals surface area contributed by atoms with Crippen LogP contribution in [0.4, 0.5) is 4.39 Å². The highest BCUT2D eigenvalue weighted by molar-refractivity contribution is 6.32. The van der Waals surface area contributed by atoms with E-state index in [9.17, 15) is 4.39 Å². The van der Waals surface area contributed by atoms with Gasteiger partial charge >= 0.3 is 0 Å². The van der Waals surface area contributed by atoms with Gasteiger partial charge in [0.25, 0.3) is 0 Å². The Bertz CT molecular complexity index is 617. The summed E-state index contributed by atoms with van der Waals surface area (Å²) in [5.41, 5.74) is 7.11. The quantitative estimate of drug-likeness (QED) is 0.885. The van der Waals surface area contributed by atoms with Crippen molar-refractivity contribution < 1.29 is 9.13 Å². The Morgan fingerprint density at radius 2 is 1.95 bits per heavy atom. The largest absolute Gasteiger partial charge is 0.487 e. The van der Waals surface area contributed by atoms with E-state index in [-0.39, 0.29) is 12.6 Å². The van der Waals surface area contributed by atoms with Gasteiger partial charge in [0, 0.05) is 16.6 Å². The van der Waals surface area contributed by atoms with Crippen LogP contribution in [0, 0.1) is 5.82 Å². The molecule has 0 fully saturated rings. The molecule has 0 saturated carbocycles. The summed E-state index contributed by atoms with van der Waals surface area (Å²) >= 11 is 11.8. The second-order valence-electron chi connectivity index (χ2n) is 4.50. The van der Waals surface area contributed by atoms with Crippen molar-refractivity contribution in [3.8, 4) is 5.75 Å². The predicted octanol–water partition coefficient (Wildman–Crippen LogP) is 4.73. The van der Waals surface area contributed by atoms with Crippen molar-refractivity contribution in [3.05, 3.63) is 63.4 Å². The van der Waals surface area contributed by atoms with Gasteiger partial charge in [-0.05, 0) is 36.8 Å². The van der Waals surface area contributed by atoms with Gasteiger partial charge < -0.3 is 10.5 Å². The van der Waals surface area contributed by atoms with Crippen LogP contribution in [0.2, 0.25) is 10.0 Å². The maximum atomic E-state index is 13.6. The van der Waals surface area contributed by atoms with E-state index in [0.29, 0.717) is 21.4 Å². The third kappa shape index (κ3) is 3.63. The first-order chi connectivity index (χ1) is 9.47. The molecule has 0 amide bonds. The minimum Gasteiger partial charge on any atom is -0.487 e. The Labute approximate surface area is 127 Å². The van der Waals surface area contributed by atoms with Crippen LogP contribution < -0.4 is 10.5 Å². The highest BCUT2D eigenvalue weighted by Gasteiger charge is 2.08. The molecule has 0 spiro atoms. The van der Waals surface area contributed by atoms with Crippen molar-refractivity contribution >= 4 is 23.2 Å². The summed E-state index contributed by atoms with van der Waals surface area (Å²) < 4.78 is 19.1.